The largest absolute Gasteiger partial charge is 0.459 e. The third-order valence-corrected chi connectivity index (χ3v) is 3.26. The normalized spacial score (nSPS) is 11.1. The van der Waals surface area contributed by atoms with E-state index in [1.807, 2.05) is 24.3 Å². The van der Waals surface area contributed by atoms with Crippen molar-refractivity contribution in [1.29, 1.82) is 0 Å². The van der Waals surface area contributed by atoms with Gasteiger partial charge in [0.15, 0.2) is 5.76 Å². The van der Waals surface area contributed by atoms with Crippen LogP contribution in [0.15, 0.2) is 58.4 Å². The SMILES string of the molecule is NC(=O)Cn1cc(/C=N/NC(=O)c2ccco2)c2ccccc21. The van der Waals surface area contributed by atoms with E-state index < -0.39 is 11.8 Å². The minimum atomic E-state index is -0.438. The van der Waals surface area contributed by atoms with E-state index in [0.29, 0.717) is 0 Å². The topological polar surface area (TPSA) is 103 Å². The maximum absolute atomic E-state index is 11.7. The Labute approximate surface area is 131 Å². The van der Waals surface area contributed by atoms with Gasteiger partial charge in [-0.25, -0.2) is 5.43 Å². The van der Waals surface area contributed by atoms with Crippen molar-refractivity contribution in [3.05, 3.63) is 60.2 Å². The van der Waals surface area contributed by atoms with Crippen LogP contribution in [0.2, 0.25) is 0 Å². The highest BCUT2D eigenvalue weighted by Crippen LogP contribution is 2.19. The molecule has 2 heterocycles. The van der Waals surface area contributed by atoms with Gasteiger partial charge < -0.3 is 14.7 Å². The average molecular weight is 310 g/mol. The van der Waals surface area contributed by atoms with Gasteiger partial charge >= 0.3 is 5.91 Å². The molecule has 7 nitrogen and oxygen atoms in total. The maximum atomic E-state index is 11.7. The van der Waals surface area contributed by atoms with Gasteiger partial charge in [-0.3, -0.25) is 9.59 Å². The highest BCUT2D eigenvalue weighted by molar-refractivity contribution is 6.00. The number of benzene rings is 1. The number of aromatic nitrogens is 1. The Morgan fingerprint density at radius 3 is 2.83 bits per heavy atom. The Hall–Kier alpha value is -3.35. The number of carbonyl (C=O) groups is 2. The molecule has 0 saturated carbocycles. The zero-order valence-electron chi connectivity index (χ0n) is 12.1. The van der Waals surface area contributed by atoms with E-state index in [-0.39, 0.29) is 12.3 Å². The van der Waals surface area contributed by atoms with E-state index in [4.69, 9.17) is 10.2 Å². The van der Waals surface area contributed by atoms with Gasteiger partial charge in [0.1, 0.15) is 6.54 Å². The van der Waals surface area contributed by atoms with Gasteiger partial charge in [0.25, 0.3) is 0 Å². The molecule has 1 aromatic carbocycles. The van der Waals surface area contributed by atoms with E-state index in [0.717, 1.165) is 16.5 Å². The number of nitrogens with zero attached hydrogens (tertiary/aromatic N) is 2. The molecule has 0 saturated heterocycles. The van der Waals surface area contributed by atoms with Crippen molar-refractivity contribution in [2.45, 2.75) is 6.54 Å². The summed E-state index contributed by atoms with van der Waals surface area (Å²) in [6.07, 6.45) is 4.69. The Kier molecular flexibility index (Phi) is 3.92. The van der Waals surface area contributed by atoms with Crippen molar-refractivity contribution >= 4 is 28.9 Å². The van der Waals surface area contributed by atoms with Gasteiger partial charge in [-0.05, 0) is 18.2 Å². The zero-order chi connectivity index (χ0) is 16.2. The van der Waals surface area contributed by atoms with Gasteiger partial charge in [0, 0.05) is 22.7 Å². The molecule has 3 rings (SSSR count). The number of rotatable bonds is 5. The fourth-order valence-electron chi connectivity index (χ4n) is 2.30. The molecule has 2 aromatic heterocycles. The summed E-state index contributed by atoms with van der Waals surface area (Å²) in [5.74, 6) is -0.689. The van der Waals surface area contributed by atoms with Gasteiger partial charge in [-0.1, -0.05) is 18.2 Å². The fraction of sp³-hybridized carbons (Fsp3) is 0.0625. The first-order chi connectivity index (χ1) is 11.1. The molecule has 116 valence electrons. The summed E-state index contributed by atoms with van der Waals surface area (Å²) < 4.78 is 6.72. The summed E-state index contributed by atoms with van der Waals surface area (Å²) in [6.45, 7) is 0.0765. The van der Waals surface area contributed by atoms with Gasteiger partial charge in [0.05, 0.1) is 12.5 Å². The molecule has 23 heavy (non-hydrogen) atoms. The van der Waals surface area contributed by atoms with Crippen LogP contribution in [-0.4, -0.2) is 22.6 Å². The van der Waals surface area contributed by atoms with Gasteiger partial charge in [-0.15, -0.1) is 0 Å². The minimum absolute atomic E-state index is 0.0765. The lowest BCUT2D eigenvalue weighted by Crippen LogP contribution is -2.18. The zero-order valence-corrected chi connectivity index (χ0v) is 12.1. The number of nitrogens with one attached hydrogen (secondary N) is 1. The molecule has 0 fully saturated rings. The van der Waals surface area contributed by atoms with Crippen molar-refractivity contribution in [3.8, 4) is 0 Å². The maximum Gasteiger partial charge on any atom is 0.307 e. The van der Waals surface area contributed by atoms with Crippen LogP contribution < -0.4 is 11.2 Å². The summed E-state index contributed by atoms with van der Waals surface area (Å²) in [6, 6.07) is 10.7. The van der Waals surface area contributed by atoms with Crippen LogP contribution in [-0.2, 0) is 11.3 Å². The molecule has 0 aliphatic rings. The number of hydrazone groups is 1. The van der Waals surface area contributed by atoms with Gasteiger partial charge in [0.2, 0.25) is 5.91 Å². The van der Waals surface area contributed by atoms with E-state index in [9.17, 15) is 9.59 Å². The average Bonchev–Trinajstić information content (AvgIpc) is 3.16. The third-order valence-electron chi connectivity index (χ3n) is 3.26. The molecular weight excluding hydrogens is 296 g/mol. The van der Waals surface area contributed by atoms with Crippen molar-refractivity contribution in [2.24, 2.45) is 10.8 Å². The monoisotopic (exact) mass is 310 g/mol. The number of hydrogen-bond donors (Lipinski definition) is 2. The van der Waals surface area contributed by atoms with Crippen molar-refractivity contribution < 1.29 is 14.0 Å². The highest BCUT2D eigenvalue weighted by atomic mass is 16.3. The number of carbonyl (C=O) groups excluding carboxylic acids is 2. The molecule has 0 aliphatic carbocycles. The lowest BCUT2D eigenvalue weighted by Gasteiger charge is -2.00. The first-order valence-electron chi connectivity index (χ1n) is 6.88. The van der Waals surface area contributed by atoms with Crippen LogP contribution in [0.4, 0.5) is 0 Å². The van der Waals surface area contributed by atoms with Crippen LogP contribution in [0.3, 0.4) is 0 Å². The lowest BCUT2D eigenvalue weighted by atomic mass is 10.2. The molecule has 0 atom stereocenters. The molecular formula is C16H14N4O3. The third kappa shape index (κ3) is 3.13. The van der Waals surface area contributed by atoms with Crippen LogP contribution in [0.1, 0.15) is 16.1 Å². The number of furan rings is 1. The van der Waals surface area contributed by atoms with E-state index in [2.05, 4.69) is 10.5 Å². The molecule has 0 spiro atoms. The van der Waals surface area contributed by atoms with Crippen molar-refractivity contribution in [2.75, 3.05) is 0 Å². The molecule has 0 radical (unpaired) electrons. The second kappa shape index (κ2) is 6.18. The Balaban J connectivity index is 1.83. The quantitative estimate of drug-likeness (QED) is 0.551. The number of nitrogens with two attached hydrogens (primary N) is 1. The van der Waals surface area contributed by atoms with Crippen LogP contribution in [0, 0.1) is 0 Å². The Bertz CT molecular complexity index is 878. The van der Waals surface area contributed by atoms with E-state index >= 15 is 0 Å². The lowest BCUT2D eigenvalue weighted by molar-refractivity contribution is -0.118. The van der Waals surface area contributed by atoms with Crippen LogP contribution in [0.5, 0.6) is 0 Å². The summed E-state index contributed by atoms with van der Waals surface area (Å²) >= 11 is 0. The second-order valence-electron chi connectivity index (χ2n) is 4.87. The number of amides is 2. The summed E-state index contributed by atoms with van der Waals surface area (Å²) in [5.41, 5.74) is 9.27. The first-order valence-corrected chi connectivity index (χ1v) is 6.88. The Morgan fingerprint density at radius 1 is 1.26 bits per heavy atom. The summed E-state index contributed by atoms with van der Waals surface area (Å²) in [5, 5.41) is 4.83. The second-order valence-corrected chi connectivity index (χ2v) is 4.87. The number of fused-ring (bicyclic) bond motifs is 1. The number of para-hydroxylation sites is 1. The summed E-state index contributed by atoms with van der Waals surface area (Å²) in [4.78, 5) is 22.9. The molecule has 0 unspecified atom stereocenters. The Morgan fingerprint density at radius 2 is 2.09 bits per heavy atom. The van der Waals surface area contributed by atoms with Crippen LogP contribution >= 0.6 is 0 Å². The summed E-state index contributed by atoms with van der Waals surface area (Å²) in [7, 11) is 0. The van der Waals surface area contributed by atoms with Gasteiger partial charge in [-0.2, -0.15) is 5.10 Å². The molecule has 0 bridgehead atoms. The fourth-order valence-corrected chi connectivity index (χ4v) is 2.30. The minimum Gasteiger partial charge on any atom is -0.459 e. The highest BCUT2D eigenvalue weighted by Gasteiger charge is 2.09. The smallest absolute Gasteiger partial charge is 0.307 e. The molecule has 0 aliphatic heterocycles. The standard InChI is InChI=1S/C16H14N4O3/c17-15(21)10-20-9-11(12-4-1-2-5-13(12)20)8-18-19-16(22)14-6-3-7-23-14/h1-9H,10H2,(H2,17,21)(H,19,22)/b18-8+. The van der Waals surface area contributed by atoms with Crippen LogP contribution in [0.25, 0.3) is 10.9 Å². The van der Waals surface area contributed by atoms with Crippen molar-refractivity contribution in [3.63, 3.8) is 0 Å². The molecule has 3 aromatic rings. The molecule has 2 amide bonds. The predicted octanol–water partition coefficient (Wildman–Crippen LogP) is 1.48. The molecule has 7 heteroatoms. The molecule has 3 N–H and O–H groups in total. The number of hydrogen-bond acceptors (Lipinski definition) is 4. The van der Waals surface area contributed by atoms with E-state index in [1.54, 1.807) is 22.9 Å². The number of primary amides is 1. The van der Waals surface area contributed by atoms with E-state index in [1.165, 1.54) is 12.5 Å². The predicted molar refractivity (Wildman–Crippen MR) is 84.9 cm³/mol. The first kappa shape index (κ1) is 14.6. The van der Waals surface area contributed by atoms with Crippen molar-refractivity contribution in [1.82, 2.24) is 9.99 Å².